The first-order valence-electron chi connectivity index (χ1n) is 5.01. The standard InChI is InChI=1S/C13H8ClFO3/c14-10-4-2-8(6-12(10)16)7-1-3-9(13(17)18)11(15)5-7/h1-6,16H,(H,17,18). The van der Waals surface area contributed by atoms with E-state index in [4.69, 9.17) is 16.7 Å². The Morgan fingerprint density at radius 3 is 2.28 bits per heavy atom. The molecule has 0 aliphatic carbocycles. The second kappa shape index (κ2) is 4.66. The molecular formula is C13H8ClFO3. The lowest BCUT2D eigenvalue weighted by atomic mass is 10.0. The van der Waals surface area contributed by atoms with Gasteiger partial charge in [-0.2, -0.15) is 0 Å². The van der Waals surface area contributed by atoms with Crippen LogP contribution in [0.1, 0.15) is 10.4 Å². The van der Waals surface area contributed by atoms with E-state index in [1.54, 1.807) is 6.07 Å². The Morgan fingerprint density at radius 1 is 1.11 bits per heavy atom. The predicted molar refractivity (Wildman–Crippen MR) is 65.5 cm³/mol. The number of aromatic hydroxyl groups is 1. The van der Waals surface area contributed by atoms with E-state index in [9.17, 15) is 14.3 Å². The Labute approximate surface area is 107 Å². The quantitative estimate of drug-likeness (QED) is 0.874. The third-order valence-electron chi connectivity index (χ3n) is 2.48. The summed E-state index contributed by atoms with van der Waals surface area (Å²) >= 11 is 5.66. The summed E-state index contributed by atoms with van der Waals surface area (Å²) in [4.78, 5) is 10.7. The van der Waals surface area contributed by atoms with Crippen molar-refractivity contribution in [3.05, 3.63) is 52.8 Å². The number of halogens is 2. The van der Waals surface area contributed by atoms with Gasteiger partial charge in [-0.1, -0.05) is 23.7 Å². The van der Waals surface area contributed by atoms with Crippen molar-refractivity contribution in [2.45, 2.75) is 0 Å². The smallest absolute Gasteiger partial charge is 0.338 e. The van der Waals surface area contributed by atoms with Crippen molar-refractivity contribution >= 4 is 17.6 Å². The molecule has 5 heteroatoms. The van der Waals surface area contributed by atoms with Gasteiger partial charge in [0.05, 0.1) is 10.6 Å². The van der Waals surface area contributed by atoms with Crippen molar-refractivity contribution in [2.75, 3.05) is 0 Å². The van der Waals surface area contributed by atoms with Crippen LogP contribution in [0.3, 0.4) is 0 Å². The first-order chi connectivity index (χ1) is 8.49. The lowest BCUT2D eigenvalue weighted by molar-refractivity contribution is 0.0692. The summed E-state index contributed by atoms with van der Waals surface area (Å²) < 4.78 is 13.5. The summed E-state index contributed by atoms with van der Waals surface area (Å²) in [5.41, 5.74) is 0.620. The highest BCUT2D eigenvalue weighted by Crippen LogP contribution is 2.30. The molecular weight excluding hydrogens is 259 g/mol. The van der Waals surface area contributed by atoms with Crippen molar-refractivity contribution in [2.24, 2.45) is 0 Å². The van der Waals surface area contributed by atoms with E-state index in [2.05, 4.69) is 0 Å². The number of carbonyl (C=O) groups is 1. The van der Waals surface area contributed by atoms with Crippen LogP contribution in [0.5, 0.6) is 5.75 Å². The van der Waals surface area contributed by atoms with Crippen molar-refractivity contribution in [1.29, 1.82) is 0 Å². The molecule has 2 rings (SSSR count). The van der Waals surface area contributed by atoms with Crippen molar-refractivity contribution in [1.82, 2.24) is 0 Å². The number of aromatic carboxylic acids is 1. The number of phenolic OH excluding ortho intramolecular Hbond substituents is 1. The van der Waals surface area contributed by atoms with Gasteiger partial charge in [-0.3, -0.25) is 0 Å². The SMILES string of the molecule is O=C(O)c1ccc(-c2ccc(Cl)c(O)c2)cc1F. The van der Waals surface area contributed by atoms with Gasteiger partial charge >= 0.3 is 5.97 Å². The van der Waals surface area contributed by atoms with E-state index in [0.717, 1.165) is 6.07 Å². The molecule has 0 saturated heterocycles. The topological polar surface area (TPSA) is 57.5 Å². The number of benzene rings is 2. The molecule has 18 heavy (non-hydrogen) atoms. The molecule has 0 radical (unpaired) electrons. The number of phenols is 1. The summed E-state index contributed by atoms with van der Waals surface area (Å²) in [6, 6.07) is 8.23. The molecule has 0 atom stereocenters. The maximum atomic E-state index is 13.5. The van der Waals surface area contributed by atoms with E-state index in [0.29, 0.717) is 11.1 Å². The summed E-state index contributed by atoms with van der Waals surface area (Å²) in [6.07, 6.45) is 0. The first kappa shape index (κ1) is 12.4. The van der Waals surface area contributed by atoms with Gasteiger partial charge in [-0.05, 0) is 35.4 Å². The van der Waals surface area contributed by atoms with E-state index < -0.39 is 17.3 Å². The normalized spacial score (nSPS) is 10.3. The number of carboxylic acid groups (broad SMARTS) is 1. The second-order valence-electron chi connectivity index (χ2n) is 3.67. The van der Waals surface area contributed by atoms with Crippen LogP contribution in [0.15, 0.2) is 36.4 Å². The van der Waals surface area contributed by atoms with Gasteiger partial charge in [0.25, 0.3) is 0 Å². The Kier molecular flexibility index (Phi) is 3.21. The first-order valence-corrected chi connectivity index (χ1v) is 5.38. The van der Waals surface area contributed by atoms with Crippen LogP contribution in [0, 0.1) is 5.82 Å². The maximum absolute atomic E-state index is 13.5. The molecule has 0 aromatic heterocycles. The van der Waals surface area contributed by atoms with Gasteiger partial charge in [-0.15, -0.1) is 0 Å². The highest BCUT2D eigenvalue weighted by molar-refractivity contribution is 6.32. The van der Waals surface area contributed by atoms with Gasteiger partial charge in [0.15, 0.2) is 0 Å². The van der Waals surface area contributed by atoms with E-state index >= 15 is 0 Å². The fraction of sp³-hybridized carbons (Fsp3) is 0. The Bertz CT molecular complexity index is 626. The highest BCUT2D eigenvalue weighted by atomic mass is 35.5. The van der Waals surface area contributed by atoms with E-state index in [1.807, 2.05) is 0 Å². The summed E-state index contributed by atoms with van der Waals surface area (Å²) in [6.45, 7) is 0. The van der Waals surface area contributed by atoms with Crippen molar-refractivity contribution in [3.8, 4) is 16.9 Å². The van der Waals surface area contributed by atoms with Crippen LogP contribution < -0.4 is 0 Å². The number of carboxylic acids is 1. The number of hydrogen-bond acceptors (Lipinski definition) is 2. The minimum atomic E-state index is -1.32. The molecule has 0 fully saturated rings. The minimum absolute atomic E-state index is 0.114. The molecule has 0 bridgehead atoms. The van der Waals surface area contributed by atoms with E-state index in [-0.39, 0.29) is 10.8 Å². The molecule has 3 nitrogen and oxygen atoms in total. The zero-order valence-electron chi connectivity index (χ0n) is 9.02. The molecule has 2 aromatic carbocycles. The van der Waals surface area contributed by atoms with Crippen LogP contribution in [0.2, 0.25) is 5.02 Å². The van der Waals surface area contributed by atoms with Crippen molar-refractivity contribution in [3.63, 3.8) is 0 Å². The average Bonchev–Trinajstić information content (AvgIpc) is 2.32. The van der Waals surface area contributed by atoms with Crippen LogP contribution in [0.4, 0.5) is 4.39 Å². The summed E-state index contributed by atoms with van der Waals surface area (Å²) in [5.74, 6) is -2.26. The zero-order valence-corrected chi connectivity index (χ0v) is 9.78. The van der Waals surface area contributed by atoms with Crippen LogP contribution in [-0.2, 0) is 0 Å². The Balaban J connectivity index is 2.48. The molecule has 0 heterocycles. The third kappa shape index (κ3) is 2.28. The summed E-state index contributed by atoms with van der Waals surface area (Å²) in [5, 5.41) is 18.4. The van der Waals surface area contributed by atoms with Gasteiger partial charge in [-0.25, -0.2) is 9.18 Å². The molecule has 0 unspecified atom stereocenters. The van der Waals surface area contributed by atoms with E-state index in [1.165, 1.54) is 24.3 Å². The van der Waals surface area contributed by atoms with Crippen LogP contribution in [-0.4, -0.2) is 16.2 Å². The average molecular weight is 267 g/mol. The van der Waals surface area contributed by atoms with Crippen molar-refractivity contribution < 1.29 is 19.4 Å². The Morgan fingerprint density at radius 2 is 1.72 bits per heavy atom. The molecule has 0 aliphatic rings. The lowest BCUT2D eigenvalue weighted by Gasteiger charge is -2.05. The Hall–Kier alpha value is -2.07. The largest absolute Gasteiger partial charge is 0.506 e. The molecule has 2 N–H and O–H groups in total. The van der Waals surface area contributed by atoms with Gasteiger partial charge in [0.2, 0.25) is 0 Å². The fourth-order valence-electron chi connectivity index (χ4n) is 1.56. The van der Waals surface area contributed by atoms with Gasteiger partial charge < -0.3 is 10.2 Å². The lowest BCUT2D eigenvalue weighted by Crippen LogP contribution is -2.00. The van der Waals surface area contributed by atoms with Crippen LogP contribution >= 0.6 is 11.6 Å². The second-order valence-corrected chi connectivity index (χ2v) is 4.07. The van der Waals surface area contributed by atoms with Crippen LogP contribution in [0.25, 0.3) is 11.1 Å². The minimum Gasteiger partial charge on any atom is -0.506 e. The van der Waals surface area contributed by atoms with Gasteiger partial charge in [0, 0.05) is 0 Å². The molecule has 2 aromatic rings. The third-order valence-corrected chi connectivity index (χ3v) is 2.80. The monoisotopic (exact) mass is 266 g/mol. The molecule has 0 spiro atoms. The predicted octanol–water partition coefficient (Wildman–Crippen LogP) is 3.55. The van der Waals surface area contributed by atoms with Gasteiger partial charge in [0.1, 0.15) is 11.6 Å². The summed E-state index contributed by atoms with van der Waals surface area (Å²) in [7, 11) is 0. The highest BCUT2D eigenvalue weighted by Gasteiger charge is 2.11. The zero-order chi connectivity index (χ0) is 13.3. The molecule has 0 aliphatic heterocycles. The maximum Gasteiger partial charge on any atom is 0.338 e. The molecule has 0 saturated carbocycles. The fourth-order valence-corrected chi connectivity index (χ4v) is 1.68. The number of rotatable bonds is 2. The molecule has 92 valence electrons. The number of hydrogen-bond donors (Lipinski definition) is 2. The molecule has 0 amide bonds.